The minimum atomic E-state index is -0.798. The van der Waals surface area contributed by atoms with E-state index in [-0.39, 0.29) is 12.4 Å². The van der Waals surface area contributed by atoms with Crippen LogP contribution in [-0.4, -0.2) is 50.6 Å². The molecule has 9 heteroatoms. The van der Waals surface area contributed by atoms with Crippen LogP contribution < -0.4 is 0 Å². The lowest BCUT2D eigenvalue weighted by Gasteiger charge is -2.09. The highest BCUT2D eigenvalue weighted by atomic mass is 32.2. The second kappa shape index (κ2) is 7.00. The van der Waals surface area contributed by atoms with E-state index >= 15 is 0 Å². The lowest BCUT2D eigenvalue weighted by Crippen LogP contribution is -2.23. The minimum Gasteiger partial charge on any atom is -0.463 e. The predicted molar refractivity (Wildman–Crippen MR) is 84.8 cm³/mol. The molecule has 3 rings (SSSR count). The number of benzene rings is 1. The molecule has 0 saturated carbocycles. The van der Waals surface area contributed by atoms with Crippen LogP contribution in [-0.2, 0) is 19.1 Å². The summed E-state index contributed by atoms with van der Waals surface area (Å²) in [6.07, 6.45) is -0.400. The Morgan fingerprint density at radius 1 is 1.46 bits per heavy atom. The number of aryl methyl sites for hydroxylation is 2. The van der Waals surface area contributed by atoms with Crippen LogP contribution >= 0.6 is 11.8 Å². The number of carbonyl (C=O) groups is 2. The Morgan fingerprint density at radius 2 is 2.29 bits per heavy atom. The summed E-state index contributed by atoms with van der Waals surface area (Å²) in [7, 11) is 0. The number of nitrogens with zero attached hydrogens (tertiary/aromatic N) is 4. The fourth-order valence-corrected chi connectivity index (χ4v) is 2.93. The van der Waals surface area contributed by atoms with Crippen LogP contribution in [0.1, 0.15) is 17.5 Å². The highest BCUT2D eigenvalue weighted by Crippen LogP contribution is 2.22. The molecule has 0 aliphatic carbocycles. The van der Waals surface area contributed by atoms with Gasteiger partial charge in [-0.25, -0.2) is 4.79 Å². The van der Waals surface area contributed by atoms with E-state index in [0.717, 1.165) is 28.6 Å². The standard InChI is InChI=1S/C15H16N4O4S/c1-9-3-4-10(2)11(7-9)19-15(16-17-18-19)24-8-13(20)23-12-5-6-22-14(12)21/h3-4,7,12H,5-6,8H2,1-2H3/t12-/m0/s1. The van der Waals surface area contributed by atoms with Crippen LogP contribution in [0.5, 0.6) is 0 Å². The summed E-state index contributed by atoms with van der Waals surface area (Å²) in [5.74, 6) is -0.984. The fraction of sp³-hybridized carbons (Fsp3) is 0.400. The Hall–Kier alpha value is -2.42. The Labute approximate surface area is 142 Å². The maximum Gasteiger partial charge on any atom is 0.347 e. The number of cyclic esters (lactones) is 1. The molecule has 1 aromatic heterocycles. The number of rotatable bonds is 5. The van der Waals surface area contributed by atoms with Gasteiger partial charge in [0.1, 0.15) is 0 Å². The van der Waals surface area contributed by atoms with E-state index in [1.807, 2.05) is 32.0 Å². The lowest BCUT2D eigenvalue weighted by atomic mass is 10.1. The van der Waals surface area contributed by atoms with Crippen molar-refractivity contribution in [2.45, 2.75) is 31.5 Å². The van der Waals surface area contributed by atoms with Gasteiger partial charge >= 0.3 is 11.9 Å². The van der Waals surface area contributed by atoms with Crippen LogP contribution in [0.3, 0.4) is 0 Å². The zero-order chi connectivity index (χ0) is 17.1. The molecule has 126 valence electrons. The predicted octanol–water partition coefficient (Wildman–Crippen LogP) is 1.23. The summed E-state index contributed by atoms with van der Waals surface area (Å²) in [5.41, 5.74) is 2.96. The molecule has 0 N–H and O–H groups in total. The van der Waals surface area contributed by atoms with Crippen LogP contribution in [0.15, 0.2) is 23.4 Å². The van der Waals surface area contributed by atoms with Crippen molar-refractivity contribution in [3.8, 4) is 5.69 Å². The first-order valence-corrected chi connectivity index (χ1v) is 8.38. The van der Waals surface area contributed by atoms with Crippen molar-refractivity contribution in [3.05, 3.63) is 29.3 Å². The third-order valence-electron chi connectivity index (χ3n) is 3.51. The molecule has 1 aliphatic rings. The molecule has 0 unspecified atom stereocenters. The lowest BCUT2D eigenvalue weighted by molar-refractivity contribution is -0.158. The minimum absolute atomic E-state index is 0.00895. The van der Waals surface area contributed by atoms with E-state index in [9.17, 15) is 9.59 Å². The number of hydrogen-bond acceptors (Lipinski definition) is 8. The zero-order valence-corrected chi connectivity index (χ0v) is 14.1. The average molecular weight is 348 g/mol. The molecule has 1 fully saturated rings. The van der Waals surface area contributed by atoms with Gasteiger partial charge < -0.3 is 9.47 Å². The Kier molecular flexibility index (Phi) is 4.79. The van der Waals surface area contributed by atoms with Gasteiger partial charge in [-0.05, 0) is 41.5 Å². The van der Waals surface area contributed by atoms with Gasteiger partial charge in [-0.1, -0.05) is 23.9 Å². The number of hydrogen-bond donors (Lipinski definition) is 0. The Morgan fingerprint density at radius 3 is 3.04 bits per heavy atom. The van der Waals surface area contributed by atoms with Crippen molar-refractivity contribution >= 4 is 23.7 Å². The first-order valence-electron chi connectivity index (χ1n) is 7.39. The van der Waals surface area contributed by atoms with Crippen LogP contribution in [0.25, 0.3) is 5.69 Å². The van der Waals surface area contributed by atoms with Gasteiger partial charge in [0.05, 0.1) is 18.0 Å². The van der Waals surface area contributed by atoms with Crippen LogP contribution in [0, 0.1) is 13.8 Å². The number of tetrazole rings is 1. The van der Waals surface area contributed by atoms with Gasteiger partial charge in [0.2, 0.25) is 11.3 Å². The molecule has 1 aliphatic heterocycles. The molecule has 0 bridgehead atoms. The molecule has 0 spiro atoms. The normalized spacial score (nSPS) is 16.9. The fourth-order valence-electron chi connectivity index (χ4n) is 2.27. The van der Waals surface area contributed by atoms with E-state index in [2.05, 4.69) is 15.5 Å². The van der Waals surface area contributed by atoms with Crippen LogP contribution in [0.2, 0.25) is 0 Å². The van der Waals surface area contributed by atoms with E-state index in [1.165, 1.54) is 0 Å². The second-order valence-corrected chi connectivity index (χ2v) is 6.33. The monoisotopic (exact) mass is 348 g/mol. The van der Waals surface area contributed by atoms with Crippen LogP contribution in [0.4, 0.5) is 0 Å². The maximum atomic E-state index is 11.9. The van der Waals surface area contributed by atoms with E-state index in [0.29, 0.717) is 11.6 Å². The molecular weight excluding hydrogens is 332 g/mol. The summed E-state index contributed by atoms with van der Waals surface area (Å²) in [6.45, 7) is 4.23. The van der Waals surface area contributed by atoms with Crippen molar-refractivity contribution in [1.29, 1.82) is 0 Å². The molecule has 0 radical (unpaired) electrons. The highest BCUT2D eigenvalue weighted by molar-refractivity contribution is 7.99. The third-order valence-corrected chi connectivity index (χ3v) is 4.41. The second-order valence-electron chi connectivity index (χ2n) is 5.39. The quantitative estimate of drug-likeness (QED) is 0.588. The largest absolute Gasteiger partial charge is 0.463 e. The summed E-state index contributed by atoms with van der Waals surface area (Å²) in [5, 5.41) is 12.1. The molecule has 0 amide bonds. The molecule has 24 heavy (non-hydrogen) atoms. The molecule has 8 nitrogen and oxygen atoms in total. The van der Waals surface area contributed by atoms with E-state index in [4.69, 9.17) is 9.47 Å². The summed E-state index contributed by atoms with van der Waals surface area (Å²) in [4.78, 5) is 23.2. The van der Waals surface area contributed by atoms with Crippen molar-refractivity contribution in [2.24, 2.45) is 0 Å². The Balaban J connectivity index is 1.66. The SMILES string of the molecule is Cc1ccc(C)c(-n2nnnc2SCC(=O)O[C@H]2CCOC2=O)c1. The smallest absolute Gasteiger partial charge is 0.347 e. The summed E-state index contributed by atoms with van der Waals surface area (Å²) in [6, 6.07) is 5.97. The maximum absolute atomic E-state index is 11.9. The summed E-state index contributed by atoms with van der Waals surface area (Å²) < 4.78 is 11.4. The average Bonchev–Trinajstić information content (AvgIpc) is 3.17. The van der Waals surface area contributed by atoms with Crippen molar-refractivity contribution in [3.63, 3.8) is 0 Å². The van der Waals surface area contributed by atoms with E-state index in [1.54, 1.807) is 4.68 Å². The first kappa shape index (κ1) is 16.4. The number of aromatic nitrogens is 4. The van der Waals surface area contributed by atoms with Gasteiger partial charge in [0.25, 0.3) is 0 Å². The molecule has 2 heterocycles. The first-order chi connectivity index (χ1) is 11.5. The topological polar surface area (TPSA) is 96.2 Å². The molecule has 2 aromatic rings. The molecule has 1 atom stereocenters. The number of carbonyl (C=O) groups excluding carboxylic acids is 2. The summed E-state index contributed by atoms with van der Waals surface area (Å²) >= 11 is 1.16. The van der Waals surface area contributed by atoms with E-state index < -0.39 is 18.0 Å². The van der Waals surface area contributed by atoms with Gasteiger partial charge in [-0.2, -0.15) is 4.68 Å². The molecular formula is C15H16N4O4S. The molecule has 1 aromatic carbocycles. The zero-order valence-electron chi connectivity index (χ0n) is 13.3. The van der Waals surface area contributed by atoms with Gasteiger partial charge in [-0.15, -0.1) is 5.10 Å². The highest BCUT2D eigenvalue weighted by Gasteiger charge is 2.30. The Bertz CT molecular complexity index is 777. The molecule has 1 saturated heterocycles. The van der Waals surface area contributed by atoms with Crippen molar-refractivity contribution < 1.29 is 19.1 Å². The van der Waals surface area contributed by atoms with Gasteiger partial charge in [0.15, 0.2) is 0 Å². The number of thioether (sulfide) groups is 1. The van der Waals surface area contributed by atoms with Crippen molar-refractivity contribution in [1.82, 2.24) is 20.2 Å². The third kappa shape index (κ3) is 3.56. The number of esters is 2. The van der Waals surface area contributed by atoms with Gasteiger partial charge in [0, 0.05) is 6.42 Å². The number of ether oxygens (including phenoxy) is 2. The van der Waals surface area contributed by atoms with Crippen molar-refractivity contribution in [2.75, 3.05) is 12.4 Å². The van der Waals surface area contributed by atoms with Gasteiger partial charge in [-0.3, -0.25) is 4.79 Å².